The van der Waals surface area contributed by atoms with Gasteiger partial charge in [0.25, 0.3) is 0 Å². The molecule has 0 aliphatic carbocycles. The fraction of sp³-hybridized carbons (Fsp3) is 0.231. The minimum Gasteiger partial charge on any atom is -0.496 e. The van der Waals surface area contributed by atoms with Gasteiger partial charge in [0, 0.05) is 11.6 Å². The predicted molar refractivity (Wildman–Crippen MR) is 72.2 cm³/mol. The van der Waals surface area contributed by atoms with E-state index in [0.717, 1.165) is 16.9 Å². The Morgan fingerprint density at radius 3 is 3.00 bits per heavy atom. The number of hydrogen-bond acceptors (Lipinski definition) is 4. The number of ether oxygens (including phenoxy) is 1. The maximum absolute atomic E-state index is 11.8. The van der Waals surface area contributed by atoms with Crippen molar-refractivity contribution in [2.24, 2.45) is 0 Å². The molecule has 0 aliphatic heterocycles. The zero-order chi connectivity index (χ0) is 13.0. The summed E-state index contributed by atoms with van der Waals surface area (Å²) in [5.41, 5.74) is 1.98. The van der Waals surface area contributed by atoms with Gasteiger partial charge in [-0.3, -0.25) is 4.79 Å². The molecular weight excluding hydrogens is 248 g/mol. The summed E-state index contributed by atoms with van der Waals surface area (Å²) in [7, 11) is 1.63. The highest BCUT2D eigenvalue weighted by molar-refractivity contribution is 7.13. The van der Waals surface area contributed by atoms with Gasteiger partial charge in [0.1, 0.15) is 5.75 Å². The Morgan fingerprint density at radius 1 is 1.50 bits per heavy atom. The Bertz CT molecular complexity index is 538. The summed E-state index contributed by atoms with van der Waals surface area (Å²) in [6.45, 7) is 1.97. The van der Waals surface area contributed by atoms with Gasteiger partial charge < -0.3 is 10.1 Å². The van der Waals surface area contributed by atoms with Gasteiger partial charge in [-0.1, -0.05) is 12.1 Å². The number of aromatic nitrogens is 1. The Balaban J connectivity index is 2.03. The number of aryl methyl sites for hydroxylation is 1. The Kier molecular flexibility index (Phi) is 3.94. The molecular formula is C13H14N2O2S. The fourth-order valence-electron chi connectivity index (χ4n) is 1.61. The maximum atomic E-state index is 11.8. The molecule has 0 atom stereocenters. The molecule has 2 rings (SSSR count). The van der Waals surface area contributed by atoms with E-state index in [-0.39, 0.29) is 5.91 Å². The fourth-order valence-corrected chi connectivity index (χ4v) is 2.15. The molecule has 5 heteroatoms. The van der Waals surface area contributed by atoms with E-state index in [2.05, 4.69) is 10.3 Å². The van der Waals surface area contributed by atoms with Crippen molar-refractivity contribution in [1.29, 1.82) is 0 Å². The quantitative estimate of drug-likeness (QED) is 0.921. The maximum Gasteiger partial charge on any atom is 0.230 e. The lowest BCUT2D eigenvalue weighted by Crippen LogP contribution is -2.14. The Labute approximate surface area is 110 Å². The minimum atomic E-state index is -0.0733. The molecule has 1 amide bonds. The van der Waals surface area contributed by atoms with Crippen molar-refractivity contribution >= 4 is 22.4 Å². The Hall–Kier alpha value is -1.88. The number of amides is 1. The largest absolute Gasteiger partial charge is 0.496 e. The first-order chi connectivity index (χ1) is 8.69. The van der Waals surface area contributed by atoms with Crippen molar-refractivity contribution in [3.63, 3.8) is 0 Å². The molecule has 0 bridgehead atoms. The first-order valence-electron chi connectivity index (χ1n) is 5.52. The number of nitrogens with one attached hydrogen (secondary N) is 1. The zero-order valence-electron chi connectivity index (χ0n) is 10.3. The number of anilines is 1. The molecule has 1 aromatic heterocycles. The monoisotopic (exact) mass is 262 g/mol. The van der Waals surface area contributed by atoms with E-state index in [1.54, 1.807) is 13.3 Å². The van der Waals surface area contributed by atoms with Crippen LogP contribution in [0.1, 0.15) is 11.1 Å². The highest BCUT2D eigenvalue weighted by Gasteiger charge is 2.07. The van der Waals surface area contributed by atoms with Crippen LogP contribution in [-0.4, -0.2) is 18.0 Å². The third kappa shape index (κ3) is 3.07. The lowest BCUT2D eigenvalue weighted by atomic mass is 10.1. The van der Waals surface area contributed by atoms with Crippen molar-refractivity contribution in [2.45, 2.75) is 13.3 Å². The van der Waals surface area contributed by atoms with E-state index in [1.807, 2.05) is 30.5 Å². The average molecular weight is 262 g/mol. The number of hydrogen-bond donors (Lipinski definition) is 1. The number of nitrogens with zero attached hydrogens (tertiary/aromatic N) is 1. The van der Waals surface area contributed by atoms with Crippen molar-refractivity contribution in [1.82, 2.24) is 4.98 Å². The van der Waals surface area contributed by atoms with Crippen LogP contribution >= 0.6 is 11.3 Å². The molecule has 4 nitrogen and oxygen atoms in total. The van der Waals surface area contributed by atoms with Crippen LogP contribution in [0.5, 0.6) is 5.75 Å². The number of carbonyl (C=O) groups is 1. The van der Waals surface area contributed by atoms with Crippen molar-refractivity contribution in [2.75, 3.05) is 12.4 Å². The number of rotatable bonds is 4. The highest BCUT2D eigenvalue weighted by atomic mass is 32.1. The summed E-state index contributed by atoms with van der Waals surface area (Å²) in [6, 6.07) is 5.76. The predicted octanol–water partition coefficient (Wildman–Crippen LogP) is 2.64. The van der Waals surface area contributed by atoms with E-state index in [1.165, 1.54) is 11.3 Å². The summed E-state index contributed by atoms with van der Waals surface area (Å²) >= 11 is 1.40. The normalized spacial score (nSPS) is 10.1. The summed E-state index contributed by atoms with van der Waals surface area (Å²) in [4.78, 5) is 15.8. The lowest BCUT2D eigenvalue weighted by Gasteiger charge is -2.07. The zero-order valence-corrected chi connectivity index (χ0v) is 11.1. The molecule has 1 heterocycles. The van der Waals surface area contributed by atoms with Crippen molar-refractivity contribution in [3.05, 3.63) is 40.9 Å². The van der Waals surface area contributed by atoms with Gasteiger partial charge in [-0.25, -0.2) is 4.98 Å². The smallest absolute Gasteiger partial charge is 0.230 e. The van der Waals surface area contributed by atoms with Crippen LogP contribution in [0, 0.1) is 6.92 Å². The number of methoxy groups -OCH3 is 1. The van der Waals surface area contributed by atoms with Crippen LogP contribution in [0.4, 0.5) is 5.13 Å². The summed E-state index contributed by atoms with van der Waals surface area (Å²) in [5.74, 6) is 0.727. The van der Waals surface area contributed by atoms with E-state index in [4.69, 9.17) is 4.74 Å². The van der Waals surface area contributed by atoms with Crippen molar-refractivity contribution in [3.8, 4) is 5.75 Å². The topological polar surface area (TPSA) is 51.2 Å². The number of thiazole rings is 1. The number of carbonyl (C=O) groups excluding carboxylic acids is 1. The second-order valence-corrected chi connectivity index (χ2v) is 4.76. The molecule has 0 radical (unpaired) electrons. The summed E-state index contributed by atoms with van der Waals surface area (Å²) in [6.07, 6.45) is 1.98. The molecule has 18 heavy (non-hydrogen) atoms. The van der Waals surface area contributed by atoms with Crippen LogP contribution in [0.3, 0.4) is 0 Å². The van der Waals surface area contributed by atoms with Gasteiger partial charge in [0.15, 0.2) is 5.13 Å². The van der Waals surface area contributed by atoms with Crippen molar-refractivity contribution < 1.29 is 9.53 Å². The third-order valence-corrected chi connectivity index (χ3v) is 3.20. The second kappa shape index (κ2) is 5.64. The van der Waals surface area contributed by atoms with Gasteiger partial charge in [0.2, 0.25) is 5.91 Å². The van der Waals surface area contributed by atoms with Crippen LogP contribution in [0.25, 0.3) is 0 Å². The molecule has 1 N–H and O–H groups in total. The second-order valence-electron chi connectivity index (χ2n) is 3.87. The Morgan fingerprint density at radius 2 is 2.33 bits per heavy atom. The summed E-state index contributed by atoms with van der Waals surface area (Å²) < 4.78 is 5.23. The van der Waals surface area contributed by atoms with Gasteiger partial charge in [-0.05, 0) is 24.1 Å². The van der Waals surface area contributed by atoms with Gasteiger partial charge in [-0.15, -0.1) is 11.3 Å². The van der Waals surface area contributed by atoms with Gasteiger partial charge >= 0.3 is 0 Å². The molecule has 0 unspecified atom stereocenters. The van der Waals surface area contributed by atoms with E-state index < -0.39 is 0 Å². The summed E-state index contributed by atoms with van der Waals surface area (Å²) in [5, 5.41) is 5.20. The van der Waals surface area contributed by atoms with E-state index in [0.29, 0.717) is 11.6 Å². The highest BCUT2D eigenvalue weighted by Crippen LogP contribution is 2.19. The standard InChI is InChI=1S/C13H14N2O2S/c1-9-3-4-10(7-11(9)17-2)8-12(16)15-13-14-5-6-18-13/h3-7H,8H2,1-2H3,(H,14,15,16). The minimum absolute atomic E-state index is 0.0733. The molecule has 0 saturated heterocycles. The van der Waals surface area contributed by atoms with Crippen LogP contribution in [0.15, 0.2) is 29.8 Å². The number of benzene rings is 1. The van der Waals surface area contributed by atoms with Crippen LogP contribution < -0.4 is 10.1 Å². The average Bonchev–Trinajstić information content (AvgIpc) is 2.84. The van der Waals surface area contributed by atoms with Crippen LogP contribution in [-0.2, 0) is 11.2 Å². The van der Waals surface area contributed by atoms with E-state index >= 15 is 0 Å². The molecule has 0 fully saturated rings. The third-order valence-electron chi connectivity index (χ3n) is 2.52. The molecule has 0 aliphatic rings. The lowest BCUT2D eigenvalue weighted by molar-refractivity contribution is -0.115. The molecule has 2 aromatic rings. The molecule has 0 spiro atoms. The molecule has 1 aromatic carbocycles. The van der Waals surface area contributed by atoms with Crippen LogP contribution in [0.2, 0.25) is 0 Å². The van der Waals surface area contributed by atoms with E-state index in [9.17, 15) is 4.79 Å². The molecule has 94 valence electrons. The first-order valence-corrected chi connectivity index (χ1v) is 6.40. The van der Waals surface area contributed by atoms with Gasteiger partial charge in [0.05, 0.1) is 13.5 Å². The first kappa shape index (κ1) is 12.6. The molecule has 0 saturated carbocycles. The van der Waals surface area contributed by atoms with Gasteiger partial charge in [-0.2, -0.15) is 0 Å². The SMILES string of the molecule is COc1cc(CC(=O)Nc2nccs2)ccc1C.